The molecule has 0 aliphatic rings. The number of rotatable bonds is 6. The van der Waals surface area contributed by atoms with E-state index in [1.165, 1.54) is 5.56 Å². The fraction of sp³-hybridized carbons (Fsp3) is 0.462. The molecule has 0 bridgehead atoms. The van der Waals surface area contributed by atoms with Crippen LogP contribution in [0.2, 0.25) is 0 Å². The van der Waals surface area contributed by atoms with Crippen LogP contribution in [-0.4, -0.2) is 36.5 Å². The van der Waals surface area contributed by atoms with Gasteiger partial charge in [-0.1, -0.05) is 6.07 Å². The van der Waals surface area contributed by atoms with Crippen LogP contribution in [0.25, 0.3) is 11.0 Å². The minimum atomic E-state index is 0.533. The van der Waals surface area contributed by atoms with Gasteiger partial charge in [0.1, 0.15) is 0 Å². The van der Waals surface area contributed by atoms with Gasteiger partial charge in [0.15, 0.2) is 0 Å². The summed E-state index contributed by atoms with van der Waals surface area (Å²) in [7, 11) is 1.66. The number of benzene rings is 1. The molecule has 0 saturated heterocycles. The SMILES string of the molecule is COCCOCCn1c(N)nc2ccc(C)cc21. The number of hydrogen-bond acceptors (Lipinski definition) is 4. The highest BCUT2D eigenvalue weighted by Gasteiger charge is 2.07. The lowest BCUT2D eigenvalue weighted by Crippen LogP contribution is -2.11. The molecule has 0 amide bonds. The van der Waals surface area contributed by atoms with Crippen LogP contribution >= 0.6 is 0 Å². The second-order valence-corrected chi connectivity index (χ2v) is 4.22. The first-order valence-electron chi connectivity index (χ1n) is 6.01. The van der Waals surface area contributed by atoms with Gasteiger partial charge >= 0.3 is 0 Å². The topological polar surface area (TPSA) is 62.3 Å². The Morgan fingerprint density at radius 2 is 2.11 bits per heavy atom. The first-order valence-corrected chi connectivity index (χ1v) is 6.01. The molecule has 1 aromatic heterocycles. The van der Waals surface area contributed by atoms with Gasteiger partial charge in [0.2, 0.25) is 5.95 Å². The van der Waals surface area contributed by atoms with Crippen molar-refractivity contribution in [2.45, 2.75) is 13.5 Å². The Labute approximate surface area is 107 Å². The summed E-state index contributed by atoms with van der Waals surface area (Å²) < 4.78 is 12.4. The van der Waals surface area contributed by atoms with Crippen LogP contribution < -0.4 is 5.73 Å². The molecule has 5 nitrogen and oxygen atoms in total. The molecule has 0 aliphatic carbocycles. The minimum absolute atomic E-state index is 0.533. The van der Waals surface area contributed by atoms with E-state index in [-0.39, 0.29) is 0 Å². The third kappa shape index (κ3) is 2.80. The summed E-state index contributed by atoms with van der Waals surface area (Å²) in [6, 6.07) is 6.12. The molecule has 0 saturated carbocycles. The monoisotopic (exact) mass is 249 g/mol. The molecule has 0 fully saturated rings. The Morgan fingerprint density at radius 1 is 1.28 bits per heavy atom. The van der Waals surface area contributed by atoms with Crippen molar-refractivity contribution in [2.75, 3.05) is 32.7 Å². The van der Waals surface area contributed by atoms with E-state index in [4.69, 9.17) is 15.2 Å². The second kappa shape index (κ2) is 5.84. The minimum Gasteiger partial charge on any atom is -0.382 e. The third-order valence-corrected chi connectivity index (χ3v) is 2.82. The number of ether oxygens (including phenoxy) is 2. The Hall–Kier alpha value is -1.59. The smallest absolute Gasteiger partial charge is 0.201 e. The van der Waals surface area contributed by atoms with Crippen molar-refractivity contribution in [3.63, 3.8) is 0 Å². The first-order chi connectivity index (χ1) is 8.72. The summed E-state index contributed by atoms with van der Waals surface area (Å²) in [5.41, 5.74) is 9.10. The quantitative estimate of drug-likeness (QED) is 0.790. The van der Waals surface area contributed by atoms with Crippen LogP contribution in [0.5, 0.6) is 0 Å². The van der Waals surface area contributed by atoms with E-state index in [0.29, 0.717) is 32.3 Å². The number of imidazole rings is 1. The van der Waals surface area contributed by atoms with Crippen LogP contribution in [0, 0.1) is 6.92 Å². The molecule has 0 radical (unpaired) electrons. The fourth-order valence-electron chi connectivity index (χ4n) is 1.89. The molecule has 2 N–H and O–H groups in total. The molecule has 0 atom stereocenters. The van der Waals surface area contributed by atoms with Gasteiger partial charge in [0.05, 0.1) is 30.9 Å². The van der Waals surface area contributed by atoms with Gasteiger partial charge in [-0.05, 0) is 24.6 Å². The van der Waals surface area contributed by atoms with Crippen molar-refractivity contribution >= 4 is 17.0 Å². The lowest BCUT2D eigenvalue weighted by molar-refractivity contribution is 0.0671. The molecule has 2 rings (SSSR count). The van der Waals surface area contributed by atoms with Crippen molar-refractivity contribution in [1.29, 1.82) is 0 Å². The van der Waals surface area contributed by atoms with Crippen molar-refractivity contribution in [3.8, 4) is 0 Å². The standard InChI is InChI=1S/C13H19N3O2/c1-10-3-4-11-12(9-10)16(13(14)15-11)5-6-18-8-7-17-2/h3-4,9H,5-8H2,1-2H3,(H2,14,15). The zero-order chi connectivity index (χ0) is 13.0. The predicted octanol–water partition coefficient (Wildman–Crippen LogP) is 1.59. The Bertz CT molecular complexity index is 522. The molecule has 0 spiro atoms. The van der Waals surface area contributed by atoms with Gasteiger partial charge in [0, 0.05) is 13.7 Å². The molecule has 5 heteroatoms. The summed E-state index contributed by atoms with van der Waals surface area (Å²) >= 11 is 0. The molecular formula is C13H19N3O2. The molecule has 0 aliphatic heterocycles. The molecule has 2 aromatic rings. The van der Waals surface area contributed by atoms with Gasteiger partial charge in [0.25, 0.3) is 0 Å². The van der Waals surface area contributed by atoms with E-state index >= 15 is 0 Å². The van der Waals surface area contributed by atoms with E-state index in [9.17, 15) is 0 Å². The predicted molar refractivity (Wildman–Crippen MR) is 71.6 cm³/mol. The number of fused-ring (bicyclic) bond motifs is 1. The van der Waals surface area contributed by atoms with Gasteiger partial charge in [-0.15, -0.1) is 0 Å². The Balaban J connectivity index is 2.07. The Morgan fingerprint density at radius 3 is 2.89 bits per heavy atom. The van der Waals surface area contributed by atoms with Gasteiger partial charge in [-0.3, -0.25) is 0 Å². The van der Waals surface area contributed by atoms with Crippen molar-refractivity contribution in [1.82, 2.24) is 9.55 Å². The number of nitrogens with zero attached hydrogens (tertiary/aromatic N) is 2. The summed E-state index contributed by atoms with van der Waals surface area (Å²) in [5.74, 6) is 0.533. The van der Waals surface area contributed by atoms with Crippen LogP contribution in [0.15, 0.2) is 18.2 Å². The number of nitrogens with two attached hydrogens (primary N) is 1. The highest BCUT2D eigenvalue weighted by Crippen LogP contribution is 2.18. The molecule has 0 unspecified atom stereocenters. The van der Waals surface area contributed by atoms with Gasteiger partial charge < -0.3 is 19.8 Å². The highest BCUT2D eigenvalue weighted by atomic mass is 16.5. The maximum atomic E-state index is 5.92. The average Bonchev–Trinajstić information content (AvgIpc) is 2.65. The normalized spacial score (nSPS) is 11.2. The Kier molecular flexibility index (Phi) is 4.17. The van der Waals surface area contributed by atoms with Crippen molar-refractivity contribution in [3.05, 3.63) is 23.8 Å². The van der Waals surface area contributed by atoms with Crippen LogP contribution in [-0.2, 0) is 16.0 Å². The number of hydrogen-bond donors (Lipinski definition) is 1. The number of anilines is 1. The average molecular weight is 249 g/mol. The summed E-state index contributed by atoms with van der Waals surface area (Å²) in [6.07, 6.45) is 0. The summed E-state index contributed by atoms with van der Waals surface area (Å²) in [4.78, 5) is 4.33. The van der Waals surface area contributed by atoms with Gasteiger partial charge in [-0.25, -0.2) is 4.98 Å². The van der Waals surface area contributed by atoms with E-state index in [0.717, 1.165) is 11.0 Å². The molecule has 98 valence electrons. The number of aryl methyl sites for hydroxylation is 1. The van der Waals surface area contributed by atoms with Crippen LogP contribution in [0.4, 0.5) is 5.95 Å². The van der Waals surface area contributed by atoms with E-state index < -0.39 is 0 Å². The lowest BCUT2D eigenvalue weighted by Gasteiger charge is -2.07. The fourth-order valence-corrected chi connectivity index (χ4v) is 1.89. The zero-order valence-corrected chi connectivity index (χ0v) is 10.8. The molecule has 18 heavy (non-hydrogen) atoms. The number of methoxy groups -OCH3 is 1. The van der Waals surface area contributed by atoms with Crippen LogP contribution in [0.1, 0.15) is 5.56 Å². The molecule has 1 heterocycles. The summed E-state index contributed by atoms with van der Waals surface area (Å²) in [5, 5.41) is 0. The van der Waals surface area contributed by atoms with Crippen molar-refractivity contribution < 1.29 is 9.47 Å². The second-order valence-electron chi connectivity index (χ2n) is 4.22. The number of aromatic nitrogens is 2. The van der Waals surface area contributed by atoms with Crippen LogP contribution in [0.3, 0.4) is 0 Å². The summed E-state index contributed by atoms with van der Waals surface area (Å²) in [6.45, 7) is 4.58. The molecular weight excluding hydrogens is 230 g/mol. The van der Waals surface area contributed by atoms with E-state index in [1.807, 2.05) is 16.7 Å². The maximum Gasteiger partial charge on any atom is 0.201 e. The molecule has 1 aromatic carbocycles. The first kappa shape index (κ1) is 12.9. The maximum absolute atomic E-state index is 5.92. The highest BCUT2D eigenvalue weighted by molar-refractivity contribution is 5.79. The largest absolute Gasteiger partial charge is 0.382 e. The van der Waals surface area contributed by atoms with Crippen molar-refractivity contribution in [2.24, 2.45) is 0 Å². The third-order valence-electron chi connectivity index (χ3n) is 2.82. The van der Waals surface area contributed by atoms with E-state index in [1.54, 1.807) is 7.11 Å². The van der Waals surface area contributed by atoms with Gasteiger partial charge in [-0.2, -0.15) is 0 Å². The number of nitrogen functional groups attached to an aromatic ring is 1. The van der Waals surface area contributed by atoms with E-state index in [2.05, 4.69) is 18.0 Å². The lowest BCUT2D eigenvalue weighted by atomic mass is 10.2. The zero-order valence-electron chi connectivity index (χ0n) is 10.8.